The van der Waals surface area contributed by atoms with Crippen LogP contribution in [-0.4, -0.2) is 46.8 Å². The van der Waals surface area contributed by atoms with Crippen LogP contribution in [-0.2, 0) is 9.53 Å². The fourth-order valence-electron chi connectivity index (χ4n) is 3.53. The maximum Gasteiger partial charge on any atom is 0.233 e. The zero-order chi connectivity index (χ0) is 15.6. The number of thioether (sulfide) groups is 1. The molecule has 1 aliphatic carbocycles. The highest BCUT2D eigenvalue weighted by atomic mass is 32.2. The van der Waals surface area contributed by atoms with Crippen LogP contribution in [0.15, 0.2) is 28.6 Å². The van der Waals surface area contributed by atoms with Gasteiger partial charge < -0.3 is 9.64 Å². The molecular formula is C17H20N2O2S2. The largest absolute Gasteiger partial charge is 0.374 e. The number of carbonyl (C=O) groups excluding carboxylic acids is 1. The highest BCUT2D eigenvalue weighted by Gasteiger charge is 2.36. The molecule has 23 heavy (non-hydrogen) atoms. The predicted octanol–water partition coefficient (Wildman–Crippen LogP) is 3.56. The Bertz CT molecular complexity index is 668. The first-order valence-electron chi connectivity index (χ1n) is 8.21. The molecule has 4 rings (SSSR count). The van der Waals surface area contributed by atoms with Crippen LogP contribution >= 0.6 is 23.1 Å². The Morgan fingerprint density at radius 3 is 3.13 bits per heavy atom. The van der Waals surface area contributed by atoms with Crippen molar-refractivity contribution < 1.29 is 9.53 Å². The van der Waals surface area contributed by atoms with Gasteiger partial charge in [-0.3, -0.25) is 4.79 Å². The third-order valence-electron chi connectivity index (χ3n) is 4.65. The molecule has 1 aromatic heterocycles. The van der Waals surface area contributed by atoms with Gasteiger partial charge in [0.1, 0.15) is 0 Å². The molecule has 2 atom stereocenters. The van der Waals surface area contributed by atoms with Crippen LogP contribution in [0.3, 0.4) is 0 Å². The number of benzene rings is 1. The topological polar surface area (TPSA) is 42.4 Å². The summed E-state index contributed by atoms with van der Waals surface area (Å²) in [6.45, 7) is 1.42. The van der Waals surface area contributed by atoms with Gasteiger partial charge in [-0.1, -0.05) is 36.7 Å². The molecule has 0 radical (unpaired) electrons. The van der Waals surface area contributed by atoms with Crippen LogP contribution in [0.5, 0.6) is 0 Å². The van der Waals surface area contributed by atoms with Crippen LogP contribution < -0.4 is 0 Å². The van der Waals surface area contributed by atoms with Crippen LogP contribution in [0.25, 0.3) is 10.2 Å². The number of morpholine rings is 1. The second-order valence-corrected chi connectivity index (χ2v) is 8.34. The number of para-hydroxylation sites is 1. The summed E-state index contributed by atoms with van der Waals surface area (Å²) in [6.07, 6.45) is 4.87. The molecule has 0 unspecified atom stereocenters. The number of carbonyl (C=O) groups is 1. The van der Waals surface area contributed by atoms with Gasteiger partial charge in [0.2, 0.25) is 5.91 Å². The van der Waals surface area contributed by atoms with Gasteiger partial charge in [-0.2, -0.15) is 0 Å². The van der Waals surface area contributed by atoms with Gasteiger partial charge in [0.25, 0.3) is 0 Å². The summed E-state index contributed by atoms with van der Waals surface area (Å²) in [7, 11) is 0. The van der Waals surface area contributed by atoms with E-state index < -0.39 is 0 Å². The molecule has 4 nitrogen and oxygen atoms in total. The number of ether oxygens (including phenoxy) is 1. The summed E-state index contributed by atoms with van der Waals surface area (Å²) < 4.78 is 8.02. The lowest BCUT2D eigenvalue weighted by Gasteiger charge is -2.43. The first kappa shape index (κ1) is 15.4. The van der Waals surface area contributed by atoms with Crippen LogP contribution in [0.1, 0.15) is 25.7 Å². The number of hydrogen-bond donors (Lipinski definition) is 0. The third kappa shape index (κ3) is 3.25. The van der Waals surface area contributed by atoms with Gasteiger partial charge in [0.15, 0.2) is 4.34 Å². The SMILES string of the molecule is O=C(CSc1nc2ccccc2s1)N1CCO[C@H]2CCCC[C@@H]21. The van der Waals surface area contributed by atoms with Crippen molar-refractivity contribution in [3.8, 4) is 0 Å². The molecule has 122 valence electrons. The minimum atomic E-state index is 0.231. The van der Waals surface area contributed by atoms with E-state index in [0.29, 0.717) is 18.4 Å². The fourth-order valence-corrected chi connectivity index (χ4v) is 5.48. The Labute approximate surface area is 144 Å². The van der Waals surface area contributed by atoms with E-state index in [0.717, 1.165) is 29.2 Å². The molecule has 1 saturated heterocycles. The normalized spacial score (nSPS) is 24.6. The van der Waals surface area contributed by atoms with E-state index >= 15 is 0 Å². The third-order valence-corrected chi connectivity index (χ3v) is 6.81. The number of thiazole rings is 1. The molecule has 1 aromatic carbocycles. The van der Waals surface area contributed by atoms with Gasteiger partial charge in [-0.25, -0.2) is 4.98 Å². The van der Waals surface area contributed by atoms with Crippen molar-refractivity contribution in [2.45, 2.75) is 42.2 Å². The van der Waals surface area contributed by atoms with Gasteiger partial charge in [0, 0.05) is 6.54 Å². The second-order valence-electron chi connectivity index (χ2n) is 6.08. The Morgan fingerprint density at radius 2 is 2.22 bits per heavy atom. The fraction of sp³-hybridized carbons (Fsp3) is 0.529. The van der Waals surface area contributed by atoms with E-state index in [1.807, 2.05) is 18.2 Å². The van der Waals surface area contributed by atoms with Gasteiger partial charge >= 0.3 is 0 Å². The van der Waals surface area contributed by atoms with Crippen LogP contribution in [0.4, 0.5) is 0 Å². The van der Waals surface area contributed by atoms with E-state index in [4.69, 9.17) is 4.74 Å². The molecule has 1 saturated carbocycles. The van der Waals surface area contributed by atoms with E-state index in [1.54, 1.807) is 23.1 Å². The summed E-state index contributed by atoms with van der Waals surface area (Å²) in [5.74, 6) is 0.706. The van der Waals surface area contributed by atoms with Gasteiger partial charge in [0.05, 0.1) is 34.7 Å². The number of fused-ring (bicyclic) bond motifs is 2. The highest BCUT2D eigenvalue weighted by molar-refractivity contribution is 8.01. The number of rotatable bonds is 3. The molecule has 2 heterocycles. The van der Waals surface area contributed by atoms with Crippen molar-refractivity contribution in [2.24, 2.45) is 0 Å². The summed E-state index contributed by atoms with van der Waals surface area (Å²) in [5.41, 5.74) is 1.02. The first-order chi connectivity index (χ1) is 11.3. The first-order valence-corrected chi connectivity index (χ1v) is 10.0. The molecule has 0 spiro atoms. The minimum Gasteiger partial charge on any atom is -0.374 e. The lowest BCUT2D eigenvalue weighted by Crippen LogP contribution is -2.55. The summed E-state index contributed by atoms with van der Waals surface area (Å²) in [5, 5.41) is 0. The van der Waals surface area contributed by atoms with Crippen molar-refractivity contribution in [2.75, 3.05) is 18.9 Å². The van der Waals surface area contributed by atoms with E-state index in [-0.39, 0.29) is 12.0 Å². The minimum absolute atomic E-state index is 0.231. The molecule has 2 aliphatic rings. The highest BCUT2D eigenvalue weighted by Crippen LogP contribution is 2.31. The summed E-state index contributed by atoms with van der Waals surface area (Å²) >= 11 is 3.23. The summed E-state index contributed by atoms with van der Waals surface area (Å²) in [4.78, 5) is 19.3. The van der Waals surface area contributed by atoms with E-state index in [2.05, 4.69) is 16.0 Å². The van der Waals surface area contributed by atoms with Crippen molar-refractivity contribution in [3.05, 3.63) is 24.3 Å². The Balaban J connectivity index is 1.40. The number of amides is 1. The molecule has 0 N–H and O–H groups in total. The molecule has 0 bridgehead atoms. The van der Waals surface area contributed by atoms with Gasteiger partial charge in [-0.15, -0.1) is 11.3 Å². The second kappa shape index (κ2) is 6.79. The number of aromatic nitrogens is 1. The van der Waals surface area contributed by atoms with Crippen molar-refractivity contribution in [3.63, 3.8) is 0 Å². The van der Waals surface area contributed by atoms with E-state index in [9.17, 15) is 4.79 Å². The number of hydrogen-bond acceptors (Lipinski definition) is 5. The Morgan fingerprint density at radius 1 is 1.35 bits per heavy atom. The number of nitrogens with zero attached hydrogens (tertiary/aromatic N) is 2. The zero-order valence-corrected chi connectivity index (χ0v) is 14.6. The smallest absolute Gasteiger partial charge is 0.233 e. The molecule has 1 aliphatic heterocycles. The lowest BCUT2D eigenvalue weighted by atomic mass is 9.90. The average molecular weight is 348 g/mol. The zero-order valence-electron chi connectivity index (χ0n) is 12.9. The molecule has 6 heteroatoms. The molecule has 1 amide bonds. The predicted molar refractivity (Wildman–Crippen MR) is 94.1 cm³/mol. The van der Waals surface area contributed by atoms with Gasteiger partial charge in [-0.05, 0) is 25.0 Å². The standard InChI is InChI=1S/C17H20N2O2S2/c20-16(19-9-10-21-14-7-3-2-6-13(14)19)11-22-17-18-12-5-1-4-8-15(12)23-17/h1,4-5,8,13-14H,2-3,6-7,9-11H2/t13-,14-/m0/s1. The maximum atomic E-state index is 12.7. The Hall–Kier alpha value is -1.11. The molecule has 2 fully saturated rings. The van der Waals surface area contributed by atoms with Crippen LogP contribution in [0, 0.1) is 0 Å². The average Bonchev–Trinajstić information content (AvgIpc) is 3.02. The maximum absolute atomic E-state index is 12.7. The lowest BCUT2D eigenvalue weighted by molar-refractivity contribution is -0.146. The van der Waals surface area contributed by atoms with E-state index in [1.165, 1.54) is 17.5 Å². The molecular weight excluding hydrogens is 328 g/mol. The van der Waals surface area contributed by atoms with Crippen LogP contribution in [0.2, 0.25) is 0 Å². The Kier molecular flexibility index (Phi) is 4.55. The monoisotopic (exact) mass is 348 g/mol. The summed E-state index contributed by atoms with van der Waals surface area (Å²) in [6, 6.07) is 8.41. The van der Waals surface area contributed by atoms with Crippen molar-refractivity contribution in [1.29, 1.82) is 0 Å². The quantitative estimate of drug-likeness (QED) is 0.796. The van der Waals surface area contributed by atoms with Crippen molar-refractivity contribution >= 4 is 39.2 Å². The van der Waals surface area contributed by atoms with Crippen molar-refractivity contribution in [1.82, 2.24) is 9.88 Å². The molecule has 2 aromatic rings.